The number of hydrogen-bond acceptors (Lipinski definition) is 4. The summed E-state index contributed by atoms with van der Waals surface area (Å²) in [5.74, 6) is 2.40. The monoisotopic (exact) mass is 360 g/mol. The van der Waals surface area contributed by atoms with Crippen molar-refractivity contribution in [1.29, 1.82) is 5.26 Å². The van der Waals surface area contributed by atoms with E-state index in [1.807, 2.05) is 49.3 Å². The molecular formula is C21H20N4S. The van der Waals surface area contributed by atoms with Crippen molar-refractivity contribution in [1.82, 2.24) is 9.78 Å². The van der Waals surface area contributed by atoms with Gasteiger partial charge in [0.1, 0.15) is 6.07 Å². The average molecular weight is 360 g/mol. The van der Waals surface area contributed by atoms with Crippen LogP contribution in [-0.2, 0) is 0 Å². The highest BCUT2D eigenvalue weighted by molar-refractivity contribution is 7.99. The van der Waals surface area contributed by atoms with Gasteiger partial charge in [0.05, 0.1) is 17.4 Å². The van der Waals surface area contributed by atoms with Crippen LogP contribution in [0.2, 0.25) is 0 Å². The highest BCUT2D eigenvalue weighted by Crippen LogP contribution is 2.26. The van der Waals surface area contributed by atoms with Gasteiger partial charge in [-0.15, -0.1) is 0 Å². The van der Waals surface area contributed by atoms with Gasteiger partial charge in [-0.1, -0.05) is 18.2 Å². The number of nitriles is 1. The lowest BCUT2D eigenvalue weighted by atomic mass is 10.1. The summed E-state index contributed by atoms with van der Waals surface area (Å²) in [7, 11) is 0. The van der Waals surface area contributed by atoms with E-state index >= 15 is 0 Å². The lowest BCUT2D eigenvalue weighted by molar-refractivity contribution is 0.859. The number of aryl methyl sites for hydroxylation is 1. The Balaban J connectivity index is 1.59. The number of anilines is 1. The zero-order chi connectivity index (χ0) is 17.9. The minimum absolute atomic E-state index is 0.637. The minimum atomic E-state index is 0.637. The summed E-state index contributed by atoms with van der Waals surface area (Å²) in [5.41, 5.74) is 5.99. The van der Waals surface area contributed by atoms with Crippen molar-refractivity contribution >= 4 is 17.4 Å². The van der Waals surface area contributed by atoms with E-state index in [1.54, 1.807) is 4.68 Å². The Hall–Kier alpha value is -2.71. The van der Waals surface area contributed by atoms with Gasteiger partial charge in [-0.2, -0.15) is 22.1 Å². The molecule has 0 aliphatic carbocycles. The van der Waals surface area contributed by atoms with E-state index in [2.05, 4.69) is 40.3 Å². The van der Waals surface area contributed by atoms with Crippen molar-refractivity contribution in [2.75, 3.05) is 29.5 Å². The maximum atomic E-state index is 9.39. The van der Waals surface area contributed by atoms with Gasteiger partial charge < -0.3 is 4.90 Å². The van der Waals surface area contributed by atoms with E-state index in [9.17, 15) is 5.26 Å². The number of thioether (sulfide) groups is 1. The Bertz CT molecular complexity index is 947. The van der Waals surface area contributed by atoms with Gasteiger partial charge in [-0.3, -0.25) is 0 Å². The molecule has 0 bridgehead atoms. The summed E-state index contributed by atoms with van der Waals surface area (Å²) >= 11 is 2.02. The van der Waals surface area contributed by atoms with Crippen LogP contribution in [0.1, 0.15) is 11.1 Å². The Labute approximate surface area is 158 Å². The predicted octanol–water partition coefficient (Wildman–Crippen LogP) is 4.27. The molecule has 0 amide bonds. The summed E-state index contributed by atoms with van der Waals surface area (Å²) in [4.78, 5) is 2.44. The molecule has 4 nitrogen and oxygen atoms in total. The Morgan fingerprint density at radius 2 is 1.81 bits per heavy atom. The number of nitrogens with zero attached hydrogens (tertiary/aromatic N) is 4. The molecule has 1 aliphatic rings. The third kappa shape index (κ3) is 3.33. The summed E-state index contributed by atoms with van der Waals surface area (Å²) in [6, 6.07) is 16.8. The number of hydrogen-bond donors (Lipinski definition) is 0. The van der Waals surface area contributed by atoms with Crippen molar-refractivity contribution in [3.05, 3.63) is 66.0 Å². The third-order valence-corrected chi connectivity index (χ3v) is 5.62. The van der Waals surface area contributed by atoms with Gasteiger partial charge >= 0.3 is 0 Å². The molecule has 2 aromatic carbocycles. The van der Waals surface area contributed by atoms with E-state index in [0.717, 1.165) is 35.5 Å². The molecule has 1 saturated heterocycles. The van der Waals surface area contributed by atoms with Crippen LogP contribution in [-0.4, -0.2) is 34.4 Å². The molecule has 130 valence electrons. The lowest BCUT2D eigenvalue weighted by Crippen LogP contribution is -2.32. The molecule has 0 atom stereocenters. The Morgan fingerprint density at radius 1 is 1.04 bits per heavy atom. The number of benzene rings is 2. The Morgan fingerprint density at radius 3 is 2.54 bits per heavy atom. The van der Waals surface area contributed by atoms with Gasteiger partial charge in [0.25, 0.3) is 0 Å². The normalized spacial score (nSPS) is 14.2. The highest BCUT2D eigenvalue weighted by Gasteiger charge is 2.12. The highest BCUT2D eigenvalue weighted by atomic mass is 32.2. The van der Waals surface area contributed by atoms with Gasteiger partial charge in [0.2, 0.25) is 0 Å². The summed E-state index contributed by atoms with van der Waals surface area (Å²) in [6.07, 6.45) is 3.84. The maximum absolute atomic E-state index is 9.39. The molecule has 1 aromatic heterocycles. The molecule has 0 N–H and O–H groups in total. The van der Waals surface area contributed by atoms with Crippen LogP contribution in [0.5, 0.6) is 0 Å². The van der Waals surface area contributed by atoms with Crippen molar-refractivity contribution < 1.29 is 0 Å². The SMILES string of the molecule is Cc1ccc(-n2cc(-c3ccc(N4CCSCC4)cc3)cn2)c(C#N)c1. The topological polar surface area (TPSA) is 44.9 Å². The molecule has 5 heteroatoms. The van der Waals surface area contributed by atoms with Crippen LogP contribution >= 0.6 is 11.8 Å². The first kappa shape index (κ1) is 16.7. The third-order valence-electron chi connectivity index (χ3n) is 4.68. The second kappa shape index (κ2) is 7.27. The molecule has 0 spiro atoms. The molecular weight excluding hydrogens is 340 g/mol. The fourth-order valence-corrected chi connectivity index (χ4v) is 4.13. The largest absolute Gasteiger partial charge is 0.370 e. The van der Waals surface area contributed by atoms with Crippen molar-refractivity contribution in [2.45, 2.75) is 6.92 Å². The molecule has 3 aromatic rings. The van der Waals surface area contributed by atoms with Crippen LogP contribution in [0.15, 0.2) is 54.9 Å². The average Bonchev–Trinajstić information content (AvgIpc) is 3.18. The van der Waals surface area contributed by atoms with Crippen molar-refractivity contribution in [2.24, 2.45) is 0 Å². The molecule has 4 rings (SSSR count). The first-order valence-corrected chi connectivity index (χ1v) is 9.89. The van der Waals surface area contributed by atoms with Crippen molar-refractivity contribution in [3.63, 3.8) is 0 Å². The summed E-state index contributed by atoms with van der Waals surface area (Å²) < 4.78 is 1.78. The quantitative estimate of drug-likeness (QED) is 0.700. The van der Waals surface area contributed by atoms with Gasteiger partial charge in [0.15, 0.2) is 0 Å². The van der Waals surface area contributed by atoms with E-state index in [-0.39, 0.29) is 0 Å². The van der Waals surface area contributed by atoms with E-state index < -0.39 is 0 Å². The summed E-state index contributed by atoms with van der Waals surface area (Å²) in [5, 5.41) is 13.9. The summed E-state index contributed by atoms with van der Waals surface area (Å²) in [6.45, 7) is 4.22. The van der Waals surface area contributed by atoms with Crippen LogP contribution in [0.25, 0.3) is 16.8 Å². The zero-order valence-electron chi connectivity index (χ0n) is 14.7. The van der Waals surface area contributed by atoms with Crippen LogP contribution in [0.3, 0.4) is 0 Å². The molecule has 26 heavy (non-hydrogen) atoms. The molecule has 1 fully saturated rings. The predicted molar refractivity (Wildman–Crippen MR) is 108 cm³/mol. The number of aromatic nitrogens is 2. The van der Waals surface area contributed by atoms with Gasteiger partial charge in [-0.25, -0.2) is 4.68 Å². The number of rotatable bonds is 3. The van der Waals surface area contributed by atoms with E-state index in [0.29, 0.717) is 5.56 Å². The zero-order valence-corrected chi connectivity index (χ0v) is 15.5. The van der Waals surface area contributed by atoms with Gasteiger partial charge in [-0.05, 0) is 42.3 Å². The van der Waals surface area contributed by atoms with E-state index in [1.165, 1.54) is 17.2 Å². The molecule has 2 heterocycles. The second-order valence-electron chi connectivity index (χ2n) is 6.45. The fraction of sp³-hybridized carbons (Fsp3) is 0.238. The first-order valence-electron chi connectivity index (χ1n) is 8.73. The molecule has 0 saturated carbocycles. The minimum Gasteiger partial charge on any atom is -0.370 e. The molecule has 1 aliphatic heterocycles. The molecule has 0 radical (unpaired) electrons. The van der Waals surface area contributed by atoms with Crippen molar-refractivity contribution in [3.8, 4) is 22.9 Å². The van der Waals surface area contributed by atoms with E-state index in [4.69, 9.17) is 0 Å². The fourth-order valence-electron chi connectivity index (χ4n) is 3.23. The van der Waals surface area contributed by atoms with Gasteiger partial charge in [0, 0.05) is 42.0 Å². The maximum Gasteiger partial charge on any atom is 0.101 e. The smallest absolute Gasteiger partial charge is 0.101 e. The van der Waals surface area contributed by atoms with Crippen LogP contribution in [0, 0.1) is 18.3 Å². The Kier molecular flexibility index (Phi) is 4.68. The molecule has 0 unspecified atom stereocenters. The van der Waals surface area contributed by atoms with Crippen LogP contribution < -0.4 is 4.90 Å². The first-order chi connectivity index (χ1) is 12.7. The van der Waals surface area contributed by atoms with Crippen LogP contribution in [0.4, 0.5) is 5.69 Å². The lowest BCUT2D eigenvalue weighted by Gasteiger charge is -2.28. The standard InChI is InChI=1S/C21H20N4S/c1-16-2-7-21(18(12-16)13-22)25-15-19(14-23-25)17-3-5-20(6-4-17)24-8-10-26-11-9-24/h2-7,12,14-15H,8-11H2,1H3. The second-order valence-corrected chi connectivity index (χ2v) is 7.68.